The van der Waals surface area contributed by atoms with E-state index >= 15 is 0 Å². The van der Waals surface area contributed by atoms with E-state index in [0.717, 1.165) is 35.6 Å². The molecule has 2 heterocycles. The fraction of sp³-hybridized carbons (Fsp3) is 0.609. The van der Waals surface area contributed by atoms with E-state index in [1.54, 1.807) is 6.92 Å². The molecule has 0 saturated heterocycles. The van der Waals surface area contributed by atoms with Gasteiger partial charge in [0.25, 0.3) is 5.91 Å². The predicted molar refractivity (Wildman–Crippen MR) is 109 cm³/mol. The van der Waals surface area contributed by atoms with Gasteiger partial charge in [-0.1, -0.05) is 11.2 Å². The average Bonchev–Trinajstić information content (AvgIpc) is 3.35. The zero-order chi connectivity index (χ0) is 19.8. The van der Waals surface area contributed by atoms with Gasteiger partial charge in [-0.25, -0.2) is 4.98 Å². The molecule has 6 heteroatoms. The number of rotatable bonds is 6. The number of hydrogen-bond donors (Lipinski definition) is 2. The first-order valence-corrected chi connectivity index (χ1v) is 11.0. The largest absolute Gasteiger partial charge is 0.411 e. The zero-order valence-corrected chi connectivity index (χ0v) is 16.9. The topological polar surface area (TPSA) is 79.0 Å². The van der Waals surface area contributed by atoms with E-state index in [4.69, 9.17) is 5.21 Å². The molecule has 1 spiro atoms. The number of nitrogens with zero attached hydrogens (tertiary/aromatic N) is 3. The number of aryl methyl sites for hydroxylation is 1. The Balaban J connectivity index is 1.18. The van der Waals surface area contributed by atoms with Gasteiger partial charge in [0.05, 0.1) is 11.4 Å². The van der Waals surface area contributed by atoms with Gasteiger partial charge in [-0.2, -0.15) is 0 Å². The Morgan fingerprint density at radius 2 is 2.10 bits per heavy atom. The summed E-state index contributed by atoms with van der Waals surface area (Å²) in [6.07, 6.45) is 10.2. The minimum absolute atomic E-state index is 0.00503. The van der Waals surface area contributed by atoms with Crippen LogP contribution >= 0.6 is 0 Å². The van der Waals surface area contributed by atoms with Crippen LogP contribution in [0.5, 0.6) is 0 Å². The van der Waals surface area contributed by atoms with Gasteiger partial charge in [-0.15, -0.1) is 0 Å². The predicted octanol–water partition coefficient (Wildman–Crippen LogP) is 3.67. The number of carbonyl (C=O) groups excluding carboxylic acids is 1. The van der Waals surface area contributed by atoms with Crippen molar-refractivity contribution in [2.45, 2.75) is 51.9 Å². The first-order chi connectivity index (χ1) is 14.0. The smallest absolute Gasteiger partial charge is 0.268 e. The monoisotopic (exact) mass is 392 g/mol. The van der Waals surface area contributed by atoms with E-state index in [2.05, 4.69) is 15.5 Å². The lowest BCUT2D eigenvalue weighted by Gasteiger charge is -2.66. The second-order valence-electron chi connectivity index (χ2n) is 10.1. The molecule has 6 nitrogen and oxygen atoms in total. The van der Waals surface area contributed by atoms with E-state index in [1.165, 1.54) is 32.1 Å². The molecule has 0 aromatic carbocycles. The van der Waals surface area contributed by atoms with Gasteiger partial charge in [-0.05, 0) is 92.6 Å². The highest BCUT2D eigenvalue weighted by molar-refractivity contribution is 5.93. The van der Waals surface area contributed by atoms with Crippen LogP contribution in [0.4, 0.5) is 0 Å². The molecule has 0 radical (unpaired) electrons. The standard InChI is InChI=1S/C23H28N4O2/c1-14(26-29)5-6-18-11-27-19(3-2-4-20(27)25-18)21(28)24-13-22-9-16-7-15-8-17(10-22)23(15,16)12-22/h2-4,11,15-17,29H,5-10,12-13H2,1H3,(H,24,28)/b26-14+. The van der Waals surface area contributed by atoms with Crippen molar-refractivity contribution in [2.75, 3.05) is 6.54 Å². The normalized spacial score (nSPS) is 36.6. The fourth-order valence-corrected chi connectivity index (χ4v) is 7.53. The lowest BCUT2D eigenvalue weighted by molar-refractivity contribution is -0.177. The third kappa shape index (κ3) is 2.31. The number of fused-ring (bicyclic) bond motifs is 2. The minimum atomic E-state index is -0.00503. The second kappa shape index (κ2) is 5.83. The first-order valence-electron chi connectivity index (χ1n) is 11.0. The molecule has 4 aliphatic rings. The molecule has 4 aliphatic carbocycles. The number of carbonyl (C=O) groups is 1. The number of nitrogens with one attached hydrogen (secondary N) is 1. The fourth-order valence-electron chi connectivity index (χ4n) is 7.53. The number of pyridine rings is 1. The summed E-state index contributed by atoms with van der Waals surface area (Å²) in [4.78, 5) is 17.7. The third-order valence-corrected chi connectivity index (χ3v) is 8.77. The van der Waals surface area contributed by atoms with Crippen molar-refractivity contribution in [1.82, 2.24) is 14.7 Å². The van der Waals surface area contributed by atoms with Crippen molar-refractivity contribution in [3.63, 3.8) is 0 Å². The molecule has 4 saturated carbocycles. The molecule has 152 valence electrons. The molecule has 2 bridgehead atoms. The van der Waals surface area contributed by atoms with Crippen LogP contribution < -0.4 is 5.32 Å². The summed E-state index contributed by atoms with van der Waals surface area (Å²) in [5, 5.41) is 15.3. The summed E-state index contributed by atoms with van der Waals surface area (Å²) >= 11 is 0. The summed E-state index contributed by atoms with van der Waals surface area (Å²) in [6, 6.07) is 5.70. The highest BCUT2D eigenvalue weighted by Gasteiger charge is 2.77. The maximum absolute atomic E-state index is 13.1. The maximum atomic E-state index is 13.1. The van der Waals surface area contributed by atoms with Crippen LogP contribution in [0.1, 0.15) is 61.6 Å². The molecule has 2 atom stereocenters. The molecule has 2 unspecified atom stereocenters. The van der Waals surface area contributed by atoms with Crippen molar-refractivity contribution < 1.29 is 10.0 Å². The number of amides is 1. The summed E-state index contributed by atoms with van der Waals surface area (Å²) in [5.41, 5.74) is 4.05. The summed E-state index contributed by atoms with van der Waals surface area (Å²) in [5.74, 6) is 2.90. The van der Waals surface area contributed by atoms with Crippen LogP contribution in [0.25, 0.3) is 5.65 Å². The summed E-state index contributed by atoms with van der Waals surface area (Å²) in [6.45, 7) is 2.61. The van der Waals surface area contributed by atoms with Gasteiger partial charge in [0, 0.05) is 12.7 Å². The Bertz CT molecular complexity index is 1020. The van der Waals surface area contributed by atoms with Crippen LogP contribution in [0.15, 0.2) is 29.6 Å². The average molecular weight is 393 g/mol. The van der Waals surface area contributed by atoms with Crippen LogP contribution in [0.2, 0.25) is 0 Å². The van der Waals surface area contributed by atoms with Gasteiger partial charge in [0.1, 0.15) is 11.3 Å². The molecule has 2 N–H and O–H groups in total. The lowest BCUT2D eigenvalue weighted by Crippen LogP contribution is -2.59. The Labute approximate surface area is 170 Å². The minimum Gasteiger partial charge on any atom is -0.411 e. The van der Waals surface area contributed by atoms with Crippen molar-refractivity contribution in [1.29, 1.82) is 0 Å². The molecular formula is C23H28N4O2. The Morgan fingerprint density at radius 1 is 1.31 bits per heavy atom. The van der Waals surface area contributed by atoms with Crippen LogP contribution in [-0.4, -0.2) is 32.8 Å². The zero-order valence-electron chi connectivity index (χ0n) is 16.9. The molecule has 4 fully saturated rings. The number of aromatic nitrogens is 2. The Hall–Kier alpha value is -2.37. The van der Waals surface area contributed by atoms with Crippen molar-refractivity contribution in [3.05, 3.63) is 35.8 Å². The van der Waals surface area contributed by atoms with Gasteiger partial charge >= 0.3 is 0 Å². The molecule has 2 aromatic heterocycles. The number of oxime groups is 1. The van der Waals surface area contributed by atoms with Crippen molar-refractivity contribution in [2.24, 2.45) is 33.7 Å². The van der Waals surface area contributed by atoms with Gasteiger partial charge in [0.15, 0.2) is 0 Å². The van der Waals surface area contributed by atoms with E-state index in [9.17, 15) is 4.79 Å². The van der Waals surface area contributed by atoms with E-state index in [-0.39, 0.29) is 5.91 Å². The molecule has 2 aromatic rings. The quantitative estimate of drug-likeness (QED) is 0.447. The summed E-state index contributed by atoms with van der Waals surface area (Å²) in [7, 11) is 0. The van der Waals surface area contributed by atoms with E-state index in [0.29, 0.717) is 35.1 Å². The molecule has 0 aliphatic heterocycles. The lowest BCUT2D eigenvalue weighted by atomic mass is 9.38. The van der Waals surface area contributed by atoms with Gasteiger partial charge in [-0.3, -0.25) is 9.20 Å². The Kier molecular flexibility index (Phi) is 3.52. The third-order valence-electron chi connectivity index (χ3n) is 8.77. The molecule has 6 rings (SSSR count). The number of imidazole rings is 1. The molecule has 29 heavy (non-hydrogen) atoms. The van der Waals surface area contributed by atoms with Gasteiger partial charge in [0.2, 0.25) is 0 Å². The van der Waals surface area contributed by atoms with Crippen LogP contribution in [-0.2, 0) is 6.42 Å². The summed E-state index contributed by atoms with van der Waals surface area (Å²) < 4.78 is 1.89. The highest BCUT2D eigenvalue weighted by atomic mass is 16.4. The Morgan fingerprint density at radius 3 is 2.79 bits per heavy atom. The highest BCUT2D eigenvalue weighted by Crippen LogP contribution is 2.84. The van der Waals surface area contributed by atoms with Crippen molar-refractivity contribution >= 4 is 17.3 Å². The van der Waals surface area contributed by atoms with E-state index < -0.39 is 0 Å². The number of hydrogen-bond acceptors (Lipinski definition) is 4. The maximum Gasteiger partial charge on any atom is 0.268 e. The molecular weight excluding hydrogens is 364 g/mol. The van der Waals surface area contributed by atoms with Crippen LogP contribution in [0.3, 0.4) is 0 Å². The molecule has 1 amide bonds. The first kappa shape index (κ1) is 17.5. The van der Waals surface area contributed by atoms with E-state index in [1.807, 2.05) is 28.8 Å². The van der Waals surface area contributed by atoms with Gasteiger partial charge < -0.3 is 10.5 Å². The van der Waals surface area contributed by atoms with Crippen molar-refractivity contribution in [3.8, 4) is 0 Å². The second-order valence-corrected chi connectivity index (χ2v) is 10.1. The SMILES string of the molecule is C/C(CCc1cn2c(C(=O)NCC34CC5CC6CC(C3)C65C4)cccc2n1)=N\O. The van der Waals surface area contributed by atoms with Crippen LogP contribution in [0, 0.1) is 28.6 Å².